The van der Waals surface area contributed by atoms with Gasteiger partial charge in [-0.2, -0.15) is 0 Å². The van der Waals surface area contributed by atoms with Crippen molar-refractivity contribution in [2.45, 2.75) is 6.42 Å². The number of para-hydroxylation sites is 1. The fraction of sp³-hybridized carbons (Fsp3) is 0.632. The van der Waals surface area contributed by atoms with Gasteiger partial charge in [0.05, 0.1) is 26.2 Å². The number of carbonyl (C=O) groups excluding carboxylic acids is 1. The van der Waals surface area contributed by atoms with E-state index >= 15 is 0 Å². The lowest BCUT2D eigenvalue weighted by atomic mass is 9.96. The average Bonchev–Trinajstić information content (AvgIpc) is 3.06. The topological polar surface area (TPSA) is 62.2 Å². The van der Waals surface area contributed by atoms with Crippen LogP contribution in [-0.2, 0) is 9.53 Å². The molecule has 3 rings (SSSR count). The van der Waals surface area contributed by atoms with Crippen LogP contribution in [0, 0.1) is 11.8 Å². The molecule has 0 unspecified atom stereocenters. The lowest BCUT2D eigenvalue weighted by Crippen LogP contribution is -2.41. The van der Waals surface area contributed by atoms with Gasteiger partial charge in [0.25, 0.3) is 0 Å². The van der Waals surface area contributed by atoms with E-state index in [1.54, 1.807) is 0 Å². The molecule has 1 amide bonds. The second-order valence-corrected chi connectivity index (χ2v) is 6.83. The van der Waals surface area contributed by atoms with E-state index in [0.29, 0.717) is 25.5 Å². The van der Waals surface area contributed by atoms with Crippen LogP contribution in [0.15, 0.2) is 30.3 Å². The van der Waals surface area contributed by atoms with Crippen LogP contribution in [0.4, 0.5) is 0 Å². The molecule has 6 heteroatoms. The van der Waals surface area contributed by atoms with Crippen LogP contribution in [0.1, 0.15) is 6.42 Å². The van der Waals surface area contributed by atoms with E-state index in [0.717, 1.165) is 45.1 Å². The zero-order valence-corrected chi connectivity index (χ0v) is 14.7. The molecule has 0 radical (unpaired) electrons. The zero-order chi connectivity index (χ0) is 17.5. The van der Waals surface area contributed by atoms with Crippen LogP contribution in [0.25, 0.3) is 0 Å². The number of aliphatic hydroxyl groups excluding tert-OH is 1. The molecule has 0 spiro atoms. The molecule has 138 valence electrons. The van der Waals surface area contributed by atoms with Crippen LogP contribution in [0.3, 0.4) is 0 Å². The summed E-state index contributed by atoms with van der Waals surface area (Å²) in [6.07, 6.45) is 0.372. The predicted molar refractivity (Wildman–Crippen MR) is 94.5 cm³/mol. The standard InChI is InChI=1S/C19H28N2O4/c22-15-17-14-21(13-16(17)12-20-7-10-24-11-8-20)19(23)6-9-25-18-4-2-1-3-5-18/h1-5,16-17,22H,6-15H2/t16-,17-/m1/s1. The number of ether oxygens (including phenoxy) is 2. The fourth-order valence-electron chi connectivity index (χ4n) is 3.60. The maximum absolute atomic E-state index is 12.5. The van der Waals surface area contributed by atoms with Crippen LogP contribution in [0.2, 0.25) is 0 Å². The summed E-state index contributed by atoms with van der Waals surface area (Å²) in [5, 5.41) is 9.68. The molecule has 1 N–H and O–H groups in total. The number of benzene rings is 1. The summed E-state index contributed by atoms with van der Waals surface area (Å²) in [7, 11) is 0. The molecular weight excluding hydrogens is 320 g/mol. The van der Waals surface area contributed by atoms with E-state index in [1.807, 2.05) is 35.2 Å². The van der Waals surface area contributed by atoms with Crippen LogP contribution >= 0.6 is 0 Å². The quantitative estimate of drug-likeness (QED) is 0.792. The van der Waals surface area contributed by atoms with Crippen molar-refractivity contribution in [1.29, 1.82) is 0 Å². The van der Waals surface area contributed by atoms with Crippen molar-refractivity contribution >= 4 is 5.91 Å². The Morgan fingerprint density at radius 1 is 1.16 bits per heavy atom. The summed E-state index contributed by atoms with van der Waals surface area (Å²) >= 11 is 0. The van der Waals surface area contributed by atoms with E-state index in [4.69, 9.17) is 9.47 Å². The van der Waals surface area contributed by atoms with Crippen molar-refractivity contribution in [2.75, 3.05) is 59.2 Å². The van der Waals surface area contributed by atoms with Gasteiger partial charge in [0.15, 0.2) is 0 Å². The third-order valence-corrected chi connectivity index (χ3v) is 5.09. The molecule has 2 saturated heterocycles. The number of hydrogen-bond acceptors (Lipinski definition) is 5. The van der Waals surface area contributed by atoms with Gasteiger partial charge < -0.3 is 19.5 Å². The van der Waals surface area contributed by atoms with E-state index in [1.165, 1.54) is 0 Å². The van der Waals surface area contributed by atoms with Crippen molar-refractivity contribution in [3.8, 4) is 5.75 Å². The van der Waals surface area contributed by atoms with Gasteiger partial charge in [0, 0.05) is 45.2 Å². The fourth-order valence-corrected chi connectivity index (χ4v) is 3.60. The van der Waals surface area contributed by atoms with E-state index in [-0.39, 0.29) is 18.4 Å². The highest BCUT2D eigenvalue weighted by Crippen LogP contribution is 2.25. The van der Waals surface area contributed by atoms with Gasteiger partial charge in [-0.25, -0.2) is 0 Å². The van der Waals surface area contributed by atoms with Crippen molar-refractivity contribution in [1.82, 2.24) is 9.80 Å². The molecular formula is C19H28N2O4. The highest BCUT2D eigenvalue weighted by molar-refractivity contribution is 5.76. The molecule has 1 aromatic rings. The van der Waals surface area contributed by atoms with E-state index in [2.05, 4.69) is 4.90 Å². The lowest BCUT2D eigenvalue weighted by molar-refractivity contribution is -0.131. The van der Waals surface area contributed by atoms with Crippen LogP contribution in [-0.4, -0.2) is 80.0 Å². The van der Waals surface area contributed by atoms with Gasteiger partial charge in [-0.05, 0) is 18.1 Å². The Bertz CT molecular complexity index is 533. The maximum atomic E-state index is 12.5. The number of likely N-dealkylation sites (tertiary alicyclic amines) is 1. The molecule has 0 saturated carbocycles. The molecule has 2 aliphatic heterocycles. The molecule has 2 heterocycles. The number of nitrogens with zero attached hydrogens (tertiary/aromatic N) is 2. The Morgan fingerprint density at radius 3 is 2.60 bits per heavy atom. The van der Waals surface area contributed by atoms with Gasteiger partial charge >= 0.3 is 0 Å². The number of hydrogen-bond donors (Lipinski definition) is 1. The Hall–Kier alpha value is -1.63. The predicted octanol–water partition coefficient (Wildman–Crippen LogP) is 0.855. The van der Waals surface area contributed by atoms with Gasteiger partial charge in [0.2, 0.25) is 5.91 Å². The van der Waals surface area contributed by atoms with Gasteiger partial charge in [-0.3, -0.25) is 9.69 Å². The lowest BCUT2D eigenvalue weighted by Gasteiger charge is -2.30. The summed E-state index contributed by atoms with van der Waals surface area (Å²) in [5.41, 5.74) is 0. The Morgan fingerprint density at radius 2 is 1.88 bits per heavy atom. The SMILES string of the molecule is O=C(CCOc1ccccc1)N1C[C@@H](CN2CCOCC2)[C@@H](CO)C1. The van der Waals surface area contributed by atoms with Gasteiger partial charge in [-0.1, -0.05) is 18.2 Å². The summed E-state index contributed by atoms with van der Waals surface area (Å²) in [5.74, 6) is 1.40. The number of morpholine rings is 1. The molecule has 25 heavy (non-hydrogen) atoms. The first-order valence-corrected chi connectivity index (χ1v) is 9.13. The maximum Gasteiger partial charge on any atom is 0.226 e. The molecule has 0 aliphatic carbocycles. The number of aliphatic hydroxyl groups is 1. The average molecular weight is 348 g/mol. The van der Waals surface area contributed by atoms with E-state index in [9.17, 15) is 9.90 Å². The molecule has 2 atom stereocenters. The zero-order valence-electron chi connectivity index (χ0n) is 14.7. The molecule has 1 aromatic carbocycles. The van der Waals surface area contributed by atoms with Crippen molar-refractivity contribution in [2.24, 2.45) is 11.8 Å². The smallest absolute Gasteiger partial charge is 0.226 e. The van der Waals surface area contributed by atoms with Crippen LogP contribution < -0.4 is 4.74 Å². The number of amides is 1. The second-order valence-electron chi connectivity index (χ2n) is 6.83. The van der Waals surface area contributed by atoms with Crippen LogP contribution in [0.5, 0.6) is 5.75 Å². The molecule has 2 aliphatic rings. The van der Waals surface area contributed by atoms with Crippen molar-refractivity contribution in [3.63, 3.8) is 0 Å². The molecule has 0 aromatic heterocycles. The summed E-state index contributed by atoms with van der Waals surface area (Å²) < 4.78 is 11.0. The first kappa shape index (κ1) is 18.2. The minimum absolute atomic E-state index is 0.110. The Kier molecular flexibility index (Phi) is 6.67. The third kappa shape index (κ3) is 5.17. The Balaban J connectivity index is 1.44. The summed E-state index contributed by atoms with van der Waals surface area (Å²) in [6.45, 7) is 6.25. The normalized spacial score (nSPS) is 24.4. The first-order chi connectivity index (χ1) is 12.3. The summed E-state index contributed by atoms with van der Waals surface area (Å²) in [4.78, 5) is 16.7. The number of rotatable bonds is 7. The minimum atomic E-state index is 0.110. The van der Waals surface area contributed by atoms with Gasteiger partial charge in [0.1, 0.15) is 5.75 Å². The second kappa shape index (κ2) is 9.17. The van der Waals surface area contributed by atoms with Crippen molar-refractivity contribution < 1.29 is 19.4 Å². The summed E-state index contributed by atoms with van der Waals surface area (Å²) in [6, 6.07) is 9.55. The molecule has 2 fully saturated rings. The van der Waals surface area contributed by atoms with E-state index < -0.39 is 0 Å². The third-order valence-electron chi connectivity index (χ3n) is 5.09. The Labute approximate surface area is 149 Å². The highest BCUT2D eigenvalue weighted by Gasteiger charge is 2.35. The minimum Gasteiger partial charge on any atom is -0.493 e. The first-order valence-electron chi connectivity index (χ1n) is 9.13. The molecule has 6 nitrogen and oxygen atoms in total. The monoisotopic (exact) mass is 348 g/mol. The molecule has 0 bridgehead atoms. The number of carbonyl (C=O) groups is 1. The largest absolute Gasteiger partial charge is 0.493 e. The van der Waals surface area contributed by atoms with Gasteiger partial charge in [-0.15, -0.1) is 0 Å². The highest BCUT2D eigenvalue weighted by atomic mass is 16.5. The van der Waals surface area contributed by atoms with Crippen molar-refractivity contribution in [3.05, 3.63) is 30.3 Å².